The van der Waals surface area contributed by atoms with Crippen LogP contribution in [0.1, 0.15) is 24.4 Å². The molecule has 0 bridgehead atoms. The number of ether oxygens (including phenoxy) is 1. The molecule has 8 nitrogen and oxygen atoms in total. The molecule has 130 valence electrons. The summed E-state index contributed by atoms with van der Waals surface area (Å²) in [5.74, 6) is 2.93. The van der Waals surface area contributed by atoms with Gasteiger partial charge >= 0.3 is 0 Å². The molecule has 0 unspecified atom stereocenters. The monoisotopic (exact) mass is 339 g/mol. The van der Waals surface area contributed by atoms with Gasteiger partial charge in [-0.2, -0.15) is 0 Å². The summed E-state index contributed by atoms with van der Waals surface area (Å²) in [6.45, 7) is 6.41. The summed E-state index contributed by atoms with van der Waals surface area (Å²) in [6, 6.07) is 0. The Morgan fingerprint density at radius 1 is 1.04 bits per heavy atom. The van der Waals surface area contributed by atoms with Gasteiger partial charge in [-0.15, -0.1) is 10.2 Å². The van der Waals surface area contributed by atoms with E-state index in [2.05, 4.69) is 30.0 Å². The molecule has 4 rings (SSSR count). The number of aromatic nitrogens is 6. The number of piperidine rings is 1. The fourth-order valence-electron chi connectivity index (χ4n) is 3.20. The maximum absolute atomic E-state index is 5.86. The Balaban J connectivity index is 1.39. The van der Waals surface area contributed by atoms with Crippen LogP contribution in [0.3, 0.4) is 0 Å². The Morgan fingerprint density at radius 2 is 1.84 bits per heavy atom. The molecule has 0 radical (unpaired) electrons. The molecular weight excluding hydrogens is 318 g/mol. The van der Waals surface area contributed by atoms with Gasteiger partial charge in [0.25, 0.3) is 0 Å². The van der Waals surface area contributed by atoms with Crippen LogP contribution < -0.4 is 9.64 Å². The molecule has 1 saturated heterocycles. The first kappa shape index (κ1) is 15.7. The smallest absolute Gasteiger partial charge is 0.235 e. The summed E-state index contributed by atoms with van der Waals surface area (Å²) >= 11 is 0. The van der Waals surface area contributed by atoms with Crippen molar-refractivity contribution in [2.45, 2.75) is 26.7 Å². The number of nitrogens with zero attached hydrogens (tertiary/aromatic N) is 7. The van der Waals surface area contributed by atoms with E-state index in [0.717, 1.165) is 48.9 Å². The molecule has 1 aliphatic heterocycles. The molecule has 3 aromatic heterocycles. The molecule has 0 atom stereocenters. The third-order valence-corrected chi connectivity index (χ3v) is 4.68. The molecular formula is C17H21N7O. The lowest BCUT2D eigenvalue weighted by Gasteiger charge is -2.32. The average molecular weight is 339 g/mol. The van der Waals surface area contributed by atoms with E-state index in [4.69, 9.17) is 4.74 Å². The Bertz CT molecular complexity index is 870. The summed E-state index contributed by atoms with van der Waals surface area (Å²) in [4.78, 5) is 15.3. The van der Waals surface area contributed by atoms with E-state index in [1.165, 1.54) is 0 Å². The Morgan fingerprint density at radius 3 is 2.64 bits per heavy atom. The van der Waals surface area contributed by atoms with Crippen LogP contribution in [0.4, 0.5) is 5.82 Å². The lowest BCUT2D eigenvalue weighted by Crippen LogP contribution is -2.36. The summed E-state index contributed by atoms with van der Waals surface area (Å²) in [7, 11) is 0. The van der Waals surface area contributed by atoms with Gasteiger partial charge in [0.15, 0.2) is 5.82 Å². The highest BCUT2D eigenvalue weighted by Crippen LogP contribution is 2.25. The van der Waals surface area contributed by atoms with Crippen molar-refractivity contribution in [3.05, 3.63) is 36.3 Å². The molecule has 25 heavy (non-hydrogen) atoms. The Labute approximate surface area is 145 Å². The number of anilines is 1. The third kappa shape index (κ3) is 3.11. The SMILES string of the molecule is Cc1nccnc1OCC1CCN(c2nccn3c(C)nnc23)CC1. The molecule has 0 saturated carbocycles. The van der Waals surface area contributed by atoms with Crippen LogP contribution in [0.15, 0.2) is 24.8 Å². The van der Waals surface area contributed by atoms with Gasteiger partial charge in [0.2, 0.25) is 11.5 Å². The van der Waals surface area contributed by atoms with E-state index in [9.17, 15) is 0 Å². The van der Waals surface area contributed by atoms with Crippen molar-refractivity contribution in [3.63, 3.8) is 0 Å². The van der Waals surface area contributed by atoms with Crippen LogP contribution in [0.2, 0.25) is 0 Å². The zero-order valence-electron chi connectivity index (χ0n) is 14.5. The van der Waals surface area contributed by atoms with Crippen molar-refractivity contribution < 1.29 is 4.74 Å². The van der Waals surface area contributed by atoms with E-state index < -0.39 is 0 Å². The first-order valence-electron chi connectivity index (χ1n) is 8.54. The maximum atomic E-state index is 5.86. The highest BCUT2D eigenvalue weighted by Gasteiger charge is 2.23. The molecule has 1 aliphatic rings. The van der Waals surface area contributed by atoms with Gasteiger partial charge in [0.1, 0.15) is 5.82 Å². The molecule has 0 aliphatic carbocycles. The van der Waals surface area contributed by atoms with Crippen molar-refractivity contribution in [1.29, 1.82) is 0 Å². The minimum Gasteiger partial charge on any atom is -0.476 e. The van der Waals surface area contributed by atoms with Gasteiger partial charge in [-0.25, -0.2) is 9.97 Å². The molecule has 0 spiro atoms. The van der Waals surface area contributed by atoms with E-state index in [1.807, 2.05) is 30.6 Å². The second-order valence-electron chi connectivity index (χ2n) is 6.38. The predicted octanol–water partition coefficient (Wildman–Crippen LogP) is 1.83. The zero-order chi connectivity index (χ0) is 17.2. The van der Waals surface area contributed by atoms with Gasteiger partial charge < -0.3 is 9.64 Å². The van der Waals surface area contributed by atoms with Gasteiger partial charge in [-0.3, -0.25) is 9.38 Å². The fourth-order valence-corrected chi connectivity index (χ4v) is 3.20. The second kappa shape index (κ2) is 6.62. The zero-order valence-corrected chi connectivity index (χ0v) is 14.5. The first-order chi connectivity index (χ1) is 12.2. The van der Waals surface area contributed by atoms with E-state index in [-0.39, 0.29) is 0 Å². The van der Waals surface area contributed by atoms with Gasteiger partial charge in [-0.05, 0) is 32.6 Å². The van der Waals surface area contributed by atoms with Crippen LogP contribution in [0.25, 0.3) is 5.65 Å². The number of aryl methyl sites for hydroxylation is 2. The van der Waals surface area contributed by atoms with Crippen LogP contribution in [-0.4, -0.2) is 49.2 Å². The summed E-state index contributed by atoms with van der Waals surface area (Å²) in [6.07, 6.45) is 9.16. The van der Waals surface area contributed by atoms with Crippen molar-refractivity contribution in [2.75, 3.05) is 24.6 Å². The Hall–Kier alpha value is -2.77. The van der Waals surface area contributed by atoms with Crippen molar-refractivity contribution >= 4 is 11.5 Å². The molecule has 1 fully saturated rings. The summed E-state index contributed by atoms with van der Waals surface area (Å²) < 4.78 is 7.84. The number of fused-ring (bicyclic) bond motifs is 1. The van der Waals surface area contributed by atoms with Crippen molar-refractivity contribution in [1.82, 2.24) is 29.5 Å². The summed E-state index contributed by atoms with van der Waals surface area (Å²) in [5.41, 5.74) is 1.66. The lowest BCUT2D eigenvalue weighted by molar-refractivity contribution is 0.214. The highest BCUT2D eigenvalue weighted by molar-refractivity contribution is 5.63. The quantitative estimate of drug-likeness (QED) is 0.717. The number of hydrogen-bond acceptors (Lipinski definition) is 7. The first-order valence-corrected chi connectivity index (χ1v) is 8.54. The van der Waals surface area contributed by atoms with Crippen molar-refractivity contribution in [3.8, 4) is 5.88 Å². The van der Waals surface area contributed by atoms with Crippen molar-refractivity contribution in [2.24, 2.45) is 5.92 Å². The largest absolute Gasteiger partial charge is 0.476 e. The predicted molar refractivity (Wildman–Crippen MR) is 92.7 cm³/mol. The minimum atomic E-state index is 0.511. The number of hydrogen-bond donors (Lipinski definition) is 0. The van der Waals surface area contributed by atoms with Gasteiger partial charge in [0, 0.05) is 37.9 Å². The van der Waals surface area contributed by atoms with Crippen LogP contribution in [0.5, 0.6) is 5.88 Å². The minimum absolute atomic E-state index is 0.511. The molecule has 0 N–H and O–H groups in total. The van der Waals surface area contributed by atoms with Gasteiger partial charge in [0.05, 0.1) is 12.3 Å². The van der Waals surface area contributed by atoms with Gasteiger partial charge in [-0.1, -0.05) is 0 Å². The summed E-state index contributed by atoms with van der Waals surface area (Å²) in [5, 5.41) is 8.42. The third-order valence-electron chi connectivity index (χ3n) is 4.68. The topological polar surface area (TPSA) is 81.3 Å². The standard InChI is InChI=1S/C17H21N7O/c1-12-17(20-6-5-18-12)25-11-14-3-8-23(9-4-14)15-16-22-21-13(2)24(16)10-7-19-15/h5-7,10,14H,3-4,8-9,11H2,1-2H3. The molecule has 3 aromatic rings. The van der Waals surface area contributed by atoms with E-state index in [0.29, 0.717) is 18.4 Å². The average Bonchev–Trinajstić information content (AvgIpc) is 3.03. The van der Waals surface area contributed by atoms with Crippen LogP contribution in [0, 0.1) is 19.8 Å². The number of rotatable bonds is 4. The second-order valence-corrected chi connectivity index (χ2v) is 6.38. The van der Waals surface area contributed by atoms with E-state index >= 15 is 0 Å². The highest BCUT2D eigenvalue weighted by atomic mass is 16.5. The molecule has 0 amide bonds. The molecule has 0 aromatic carbocycles. The lowest BCUT2D eigenvalue weighted by atomic mass is 9.98. The van der Waals surface area contributed by atoms with E-state index in [1.54, 1.807) is 12.4 Å². The van der Waals surface area contributed by atoms with Crippen LogP contribution >= 0.6 is 0 Å². The Kier molecular flexibility index (Phi) is 4.17. The fraction of sp³-hybridized carbons (Fsp3) is 0.471. The maximum Gasteiger partial charge on any atom is 0.235 e. The molecule has 4 heterocycles. The molecule has 8 heteroatoms. The normalized spacial score (nSPS) is 15.7. The van der Waals surface area contributed by atoms with Crippen LogP contribution in [-0.2, 0) is 0 Å².